The first-order chi connectivity index (χ1) is 12.1. The van der Waals surface area contributed by atoms with Gasteiger partial charge in [0, 0.05) is 18.5 Å². The quantitative estimate of drug-likeness (QED) is 0.545. The van der Waals surface area contributed by atoms with Crippen LogP contribution in [0.3, 0.4) is 0 Å². The van der Waals surface area contributed by atoms with Crippen LogP contribution in [-0.2, 0) is 20.1 Å². The Kier molecular flexibility index (Phi) is 5.33. The molecule has 0 aliphatic heterocycles. The Balaban J connectivity index is 1.72. The molecule has 132 valence electrons. The van der Waals surface area contributed by atoms with Crippen LogP contribution in [-0.4, -0.2) is 27.0 Å². The zero-order valence-electron chi connectivity index (χ0n) is 15.1. The molecule has 0 unspecified atom stereocenters. The minimum Gasteiger partial charge on any atom is -0.357 e. The van der Waals surface area contributed by atoms with Crippen LogP contribution >= 0.6 is 11.3 Å². The van der Waals surface area contributed by atoms with Crippen molar-refractivity contribution in [2.45, 2.75) is 33.9 Å². The lowest BCUT2D eigenvalue weighted by Crippen LogP contribution is -2.36. The molecule has 7 heteroatoms. The Labute approximate surface area is 152 Å². The van der Waals surface area contributed by atoms with E-state index in [1.165, 1.54) is 4.88 Å². The second kappa shape index (κ2) is 7.65. The van der Waals surface area contributed by atoms with Crippen LogP contribution in [0.2, 0.25) is 0 Å². The highest BCUT2D eigenvalue weighted by Gasteiger charge is 2.08. The first-order valence-electron chi connectivity index (χ1n) is 8.44. The summed E-state index contributed by atoms with van der Waals surface area (Å²) in [7, 11) is 2.03. The Morgan fingerprint density at radius 3 is 2.68 bits per heavy atom. The number of hydrogen-bond acceptors (Lipinski definition) is 4. The number of nitrogens with zero attached hydrogens (tertiary/aromatic N) is 4. The second-order valence-corrected chi connectivity index (χ2v) is 7.15. The summed E-state index contributed by atoms with van der Waals surface area (Å²) >= 11 is 1.72. The summed E-state index contributed by atoms with van der Waals surface area (Å²) in [5.41, 5.74) is 3.21. The van der Waals surface area contributed by atoms with Crippen LogP contribution in [0.5, 0.6) is 0 Å². The smallest absolute Gasteiger partial charge is 0.191 e. The lowest BCUT2D eigenvalue weighted by molar-refractivity contribution is 0.779. The van der Waals surface area contributed by atoms with Gasteiger partial charge in [-0.3, -0.25) is 0 Å². The van der Waals surface area contributed by atoms with Gasteiger partial charge >= 0.3 is 0 Å². The minimum absolute atomic E-state index is 0.529. The van der Waals surface area contributed by atoms with Gasteiger partial charge in [0.15, 0.2) is 5.96 Å². The zero-order valence-corrected chi connectivity index (χ0v) is 15.9. The van der Waals surface area contributed by atoms with E-state index >= 15 is 0 Å². The molecule has 0 bridgehead atoms. The van der Waals surface area contributed by atoms with Gasteiger partial charge in [-0.2, -0.15) is 0 Å². The number of aryl methyl sites for hydroxylation is 3. The summed E-state index contributed by atoms with van der Waals surface area (Å²) in [5, 5.41) is 7.77. The number of hydrogen-bond donors (Lipinski definition) is 2. The normalized spacial score (nSPS) is 11.9. The summed E-state index contributed by atoms with van der Waals surface area (Å²) in [5.74, 6) is 1.74. The van der Waals surface area contributed by atoms with E-state index in [4.69, 9.17) is 0 Å². The van der Waals surface area contributed by atoms with E-state index in [1.807, 2.05) is 39.1 Å². The Morgan fingerprint density at radius 2 is 2.00 bits per heavy atom. The van der Waals surface area contributed by atoms with Gasteiger partial charge in [-0.25, -0.2) is 15.0 Å². The van der Waals surface area contributed by atoms with Crippen molar-refractivity contribution in [3.05, 3.63) is 45.7 Å². The lowest BCUT2D eigenvalue weighted by atomic mass is 10.3. The van der Waals surface area contributed by atoms with E-state index < -0.39 is 0 Å². The molecule has 2 N–H and O–H groups in total. The molecule has 0 spiro atoms. The van der Waals surface area contributed by atoms with Crippen molar-refractivity contribution in [3.63, 3.8) is 0 Å². The van der Waals surface area contributed by atoms with Crippen LogP contribution in [0, 0.1) is 13.8 Å². The van der Waals surface area contributed by atoms with Gasteiger partial charge in [0.2, 0.25) is 0 Å². The molecule has 0 saturated heterocycles. The van der Waals surface area contributed by atoms with Crippen LogP contribution in [0.4, 0.5) is 0 Å². The van der Waals surface area contributed by atoms with E-state index in [1.54, 1.807) is 11.3 Å². The fraction of sp³-hybridized carbons (Fsp3) is 0.389. The highest BCUT2D eigenvalue weighted by Crippen LogP contribution is 2.17. The maximum Gasteiger partial charge on any atom is 0.191 e. The molecule has 3 aromatic rings. The largest absolute Gasteiger partial charge is 0.357 e. The molecule has 0 aliphatic rings. The van der Waals surface area contributed by atoms with Crippen LogP contribution in [0.15, 0.2) is 29.3 Å². The molecule has 25 heavy (non-hydrogen) atoms. The third-order valence-electron chi connectivity index (χ3n) is 4.02. The Hall–Kier alpha value is -2.41. The van der Waals surface area contributed by atoms with Gasteiger partial charge < -0.3 is 15.2 Å². The third kappa shape index (κ3) is 3.99. The van der Waals surface area contributed by atoms with E-state index in [-0.39, 0.29) is 0 Å². The van der Waals surface area contributed by atoms with Crippen LogP contribution < -0.4 is 10.6 Å². The lowest BCUT2D eigenvalue weighted by Gasteiger charge is -2.10. The summed E-state index contributed by atoms with van der Waals surface area (Å²) in [6.45, 7) is 8.21. The fourth-order valence-electron chi connectivity index (χ4n) is 2.73. The molecule has 0 saturated carbocycles. The first kappa shape index (κ1) is 17.4. The molecule has 2 aromatic heterocycles. The summed E-state index contributed by atoms with van der Waals surface area (Å²) in [4.78, 5) is 15.1. The van der Waals surface area contributed by atoms with Crippen molar-refractivity contribution in [2.75, 3.05) is 6.54 Å². The number of thiazole rings is 1. The number of nitrogens with one attached hydrogen (secondary N) is 2. The number of aliphatic imine (C=N–C) groups is 1. The summed E-state index contributed by atoms with van der Waals surface area (Å²) in [6.07, 6.45) is 0. The number of imidazole rings is 1. The van der Waals surface area contributed by atoms with Gasteiger partial charge in [0.1, 0.15) is 12.4 Å². The Bertz CT molecular complexity index is 892. The molecule has 0 radical (unpaired) electrons. The standard InChI is InChI=1S/C18H24N6S/c1-5-19-18(20-10-16-12(2)22-13(3)25-16)21-11-17-23-14-8-6-7-9-15(14)24(17)4/h6-9H,5,10-11H2,1-4H3,(H2,19,20,21). The van der Waals surface area contributed by atoms with E-state index in [2.05, 4.69) is 43.2 Å². The average molecular weight is 356 g/mol. The molecular weight excluding hydrogens is 332 g/mol. The highest BCUT2D eigenvalue weighted by atomic mass is 32.1. The average Bonchev–Trinajstić information content (AvgIpc) is 3.09. The molecule has 2 heterocycles. The minimum atomic E-state index is 0.529. The molecule has 3 rings (SSSR count). The number of benzene rings is 1. The van der Waals surface area contributed by atoms with Gasteiger partial charge in [0.25, 0.3) is 0 Å². The predicted molar refractivity (Wildman–Crippen MR) is 104 cm³/mol. The van der Waals surface area contributed by atoms with Crippen molar-refractivity contribution in [1.29, 1.82) is 0 Å². The van der Waals surface area contributed by atoms with Crippen molar-refractivity contribution in [2.24, 2.45) is 12.0 Å². The summed E-state index contributed by atoms with van der Waals surface area (Å²) < 4.78 is 2.10. The number of aromatic nitrogens is 3. The second-order valence-electron chi connectivity index (χ2n) is 5.87. The number of fused-ring (bicyclic) bond motifs is 1. The molecule has 0 amide bonds. The predicted octanol–water partition coefficient (Wildman–Crippen LogP) is 2.90. The van der Waals surface area contributed by atoms with Gasteiger partial charge in [-0.15, -0.1) is 11.3 Å². The third-order valence-corrected chi connectivity index (χ3v) is 5.09. The van der Waals surface area contributed by atoms with Crippen molar-refractivity contribution in [1.82, 2.24) is 25.2 Å². The van der Waals surface area contributed by atoms with Crippen LogP contribution in [0.25, 0.3) is 11.0 Å². The van der Waals surface area contributed by atoms with Crippen molar-refractivity contribution in [3.8, 4) is 0 Å². The van der Waals surface area contributed by atoms with Gasteiger partial charge in [-0.05, 0) is 32.9 Å². The molecule has 0 fully saturated rings. The zero-order chi connectivity index (χ0) is 17.8. The molecule has 1 aromatic carbocycles. The maximum absolute atomic E-state index is 4.69. The van der Waals surface area contributed by atoms with Crippen molar-refractivity contribution < 1.29 is 0 Å². The topological polar surface area (TPSA) is 67.1 Å². The number of rotatable bonds is 5. The molecule has 0 aliphatic carbocycles. The van der Waals surface area contributed by atoms with Crippen molar-refractivity contribution >= 4 is 28.3 Å². The number of guanidine groups is 1. The van der Waals surface area contributed by atoms with Gasteiger partial charge in [-0.1, -0.05) is 12.1 Å². The molecule has 6 nitrogen and oxygen atoms in total. The molecule has 0 atom stereocenters. The Morgan fingerprint density at radius 1 is 1.20 bits per heavy atom. The van der Waals surface area contributed by atoms with Crippen LogP contribution in [0.1, 0.15) is 28.3 Å². The first-order valence-corrected chi connectivity index (χ1v) is 9.25. The van der Waals surface area contributed by atoms with E-state index in [9.17, 15) is 0 Å². The van der Waals surface area contributed by atoms with Gasteiger partial charge in [0.05, 0.1) is 28.3 Å². The maximum atomic E-state index is 4.69. The highest BCUT2D eigenvalue weighted by molar-refractivity contribution is 7.11. The fourth-order valence-corrected chi connectivity index (χ4v) is 3.61. The number of para-hydroxylation sites is 2. The summed E-state index contributed by atoms with van der Waals surface area (Å²) in [6, 6.07) is 8.14. The van der Waals surface area contributed by atoms with E-state index in [0.717, 1.165) is 46.6 Å². The SMILES string of the molecule is CCNC(=NCc1nc2ccccc2n1C)NCc1sc(C)nc1C. The van der Waals surface area contributed by atoms with E-state index in [0.29, 0.717) is 6.54 Å². The monoisotopic (exact) mass is 356 g/mol. The molecular formula is C18H24N6S.